The molecule has 21 heavy (non-hydrogen) atoms. The van der Waals surface area contributed by atoms with Crippen LogP contribution in [0.15, 0.2) is 42.5 Å². The fourth-order valence-corrected chi connectivity index (χ4v) is 2.10. The molecule has 5 heteroatoms. The molecule has 2 aromatic rings. The Morgan fingerprint density at radius 1 is 1.19 bits per heavy atom. The molecule has 2 rings (SSSR count). The molecule has 0 heterocycles. The van der Waals surface area contributed by atoms with Gasteiger partial charge in [-0.3, -0.25) is 4.79 Å². The van der Waals surface area contributed by atoms with Gasteiger partial charge in [0.25, 0.3) is 0 Å². The predicted octanol–water partition coefficient (Wildman–Crippen LogP) is 3.92. The zero-order valence-corrected chi connectivity index (χ0v) is 12.7. The number of carbonyl (C=O) groups excluding carboxylic acids is 1. The lowest BCUT2D eigenvalue weighted by Gasteiger charge is -2.12. The Bertz CT molecular complexity index is 627. The Hall–Kier alpha value is -2.20. The minimum absolute atomic E-state index is 0.0791. The van der Waals surface area contributed by atoms with E-state index in [-0.39, 0.29) is 5.91 Å². The van der Waals surface area contributed by atoms with E-state index in [9.17, 15) is 4.79 Å². The Morgan fingerprint density at radius 2 is 1.90 bits per heavy atom. The smallest absolute Gasteiger partial charge is 0.221 e. The molecule has 0 bridgehead atoms. The molecule has 0 aromatic heterocycles. The Balaban J connectivity index is 2.03. The fourth-order valence-electron chi connectivity index (χ4n) is 1.92. The van der Waals surface area contributed by atoms with Crippen LogP contribution in [-0.2, 0) is 11.3 Å². The van der Waals surface area contributed by atoms with Gasteiger partial charge in [0.05, 0.1) is 12.8 Å². The van der Waals surface area contributed by atoms with Gasteiger partial charge in [-0.05, 0) is 35.9 Å². The highest BCUT2D eigenvalue weighted by Crippen LogP contribution is 2.28. The molecule has 0 saturated heterocycles. The van der Waals surface area contributed by atoms with E-state index in [4.69, 9.17) is 16.3 Å². The average molecular weight is 305 g/mol. The Labute approximate surface area is 129 Å². The van der Waals surface area contributed by atoms with Crippen molar-refractivity contribution in [3.63, 3.8) is 0 Å². The van der Waals surface area contributed by atoms with Crippen LogP contribution >= 0.6 is 11.6 Å². The number of ether oxygens (including phenoxy) is 1. The van der Waals surface area contributed by atoms with Crippen LogP contribution in [0.3, 0.4) is 0 Å². The number of anilines is 2. The first-order valence-corrected chi connectivity index (χ1v) is 6.90. The van der Waals surface area contributed by atoms with Gasteiger partial charge in [0, 0.05) is 24.2 Å². The molecule has 0 fully saturated rings. The third-order valence-corrected chi connectivity index (χ3v) is 3.15. The summed E-state index contributed by atoms with van der Waals surface area (Å²) in [6.07, 6.45) is 0. The van der Waals surface area contributed by atoms with Gasteiger partial charge in [-0.1, -0.05) is 23.7 Å². The van der Waals surface area contributed by atoms with E-state index in [1.165, 1.54) is 6.92 Å². The molecule has 0 unspecified atom stereocenters. The topological polar surface area (TPSA) is 50.4 Å². The van der Waals surface area contributed by atoms with E-state index < -0.39 is 0 Å². The summed E-state index contributed by atoms with van der Waals surface area (Å²) < 4.78 is 5.28. The average Bonchev–Trinajstić information content (AvgIpc) is 2.46. The van der Waals surface area contributed by atoms with Crippen molar-refractivity contribution in [1.29, 1.82) is 0 Å². The van der Waals surface area contributed by atoms with Crippen LogP contribution in [0.2, 0.25) is 5.02 Å². The van der Waals surface area contributed by atoms with Gasteiger partial charge in [0.2, 0.25) is 5.91 Å². The summed E-state index contributed by atoms with van der Waals surface area (Å²) in [6, 6.07) is 13.1. The number of hydrogen-bond acceptors (Lipinski definition) is 3. The second-order valence-electron chi connectivity index (χ2n) is 4.58. The predicted molar refractivity (Wildman–Crippen MR) is 86.1 cm³/mol. The van der Waals surface area contributed by atoms with Crippen LogP contribution in [0.25, 0.3) is 0 Å². The minimum atomic E-state index is -0.0791. The zero-order chi connectivity index (χ0) is 15.2. The molecule has 110 valence electrons. The van der Waals surface area contributed by atoms with Gasteiger partial charge < -0.3 is 15.4 Å². The third kappa shape index (κ3) is 4.39. The molecule has 0 atom stereocenters. The minimum Gasteiger partial charge on any atom is -0.495 e. The molecule has 2 N–H and O–H groups in total. The molecule has 0 aliphatic carbocycles. The molecule has 0 radical (unpaired) electrons. The molecule has 0 spiro atoms. The number of halogens is 1. The highest BCUT2D eigenvalue weighted by atomic mass is 35.5. The van der Waals surface area contributed by atoms with E-state index in [1.807, 2.05) is 36.4 Å². The molecule has 1 amide bonds. The lowest BCUT2D eigenvalue weighted by atomic mass is 10.2. The van der Waals surface area contributed by atoms with Gasteiger partial charge in [0.1, 0.15) is 5.75 Å². The number of rotatable bonds is 5. The summed E-state index contributed by atoms with van der Waals surface area (Å²) in [7, 11) is 1.62. The monoisotopic (exact) mass is 304 g/mol. The number of hydrogen-bond donors (Lipinski definition) is 2. The Kier molecular flexibility index (Phi) is 5.06. The van der Waals surface area contributed by atoms with Crippen LogP contribution < -0.4 is 15.4 Å². The quantitative estimate of drug-likeness (QED) is 0.880. The maximum Gasteiger partial charge on any atom is 0.221 e. The van der Waals surface area contributed by atoms with Gasteiger partial charge in [-0.15, -0.1) is 0 Å². The summed E-state index contributed by atoms with van der Waals surface area (Å²) in [5.41, 5.74) is 2.72. The molecule has 2 aromatic carbocycles. The maximum absolute atomic E-state index is 11.0. The molecular formula is C16H17ClN2O2. The van der Waals surface area contributed by atoms with Gasteiger partial charge >= 0.3 is 0 Å². The molecule has 0 saturated carbocycles. The van der Waals surface area contributed by atoms with Crippen LogP contribution in [-0.4, -0.2) is 13.0 Å². The van der Waals surface area contributed by atoms with Gasteiger partial charge in [-0.25, -0.2) is 0 Å². The van der Waals surface area contributed by atoms with Crippen molar-refractivity contribution in [2.75, 3.05) is 17.7 Å². The number of methoxy groups -OCH3 is 1. The van der Waals surface area contributed by atoms with Gasteiger partial charge in [0.15, 0.2) is 0 Å². The Morgan fingerprint density at radius 3 is 2.52 bits per heavy atom. The van der Waals surface area contributed by atoms with Crippen LogP contribution in [0.4, 0.5) is 11.4 Å². The molecule has 4 nitrogen and oxygen atoms in total. The number of nitrogens with one attached hydrogen (secondary N) is 2. The second kappa shape index (κ2) is 6.99. The lowest BCUT2D eigenvalue weighted by molar-refractivity contribution is -0.114. The first-order chi connectivity index (χ1) is 10.1. The summed E-state index contributed by atoms with van der Waals surface area (Å²) in [4.78, 5) is 11.0. The third-order valence-electron chi connectivity index (χ3n) is 2.92. The highest BCUT2D eigenvalue weighted by molar-refractivity contribution is 6.30. The summed E-state index contributed by atoms with van der Waals surface area (Å²) in [5.74, 6) is 0.666. The second-order valence-corrected chi connectivity index (χ2v) is 5.01. The SMILES string of the molecule is COc1ccc(Cl)cc1NCc1ccc(NC(C)=O)cc1. The first kappa shape index (κ1) is 15.2. The van der Waals surface area contributed by atoms with E-state index in [1.54, 1.807) is 13.2 Å². The molecular weight excluding hydrogens is 288 g/mol. The highest BCUT2D eigenvalue weighted by Gasteiger charge is 2.04. The van der Waals surface area contributed by atoms with Crippen molar-refractivity contribution in [3.05, 3.63) is 53.1 Å². The number of amides is 1. The van der Waals surface area contributed by atoms with Crippen LogP contribution in [0.1, 0.15) is 12.5 Å². The van der Waals surface area contributed by atoms with Crippen molar-refractivity contribution >= 4 is 28.9 Å². The zero-order valence-electron chi connectivity index (χ0n) is 11.9. The maximum atomic E-state index is 11.0. The van der Waals surface area contributed by atoms with Crippen LogP contribution in [0, 0.1) is 0 Å². The fraction of sp³-hybridized carbons (Fsp3) is 0.188. The largest absolute Gasteiger partial charge is 0.495 e. The van der Waals surface area contributed by atoms with Gasteiger partial charge in [-0.2, -0.15) is 0 Å². The number of benzene rings is 2. The van der Waals surface area contributed by atoms with E-state index in [0.29, 0.717) is 11.6 Å². The van der Waals surface area contributed by atoms with E-state index in [2.05, 4.69) is 10.6 Å². The van der Waals surface area contributed by atoms with Crippen molar-refractivity contribution in [3.8, 4) is 5.75 Å². The molecule has 0 aliphatic heterocycles. The number of carbonyl (C=O) groups is 1. The standard InChI is InChI=1S/C16H17ClN2O2/c1-11(20)19-14-6-3-12(4-7-14)10-18-15-9-13(17)5-8-16(15)21-2/h3-9,18H,10H2,1-2H3,(H,19,20). The summed E-state index contributed by atoms with van der Waals surface area (Å²) in [6.45, 7) is 2.12. The van der Waals surface area contributed by atoms with Crippen LogP contribution in [0.5, 0.6) is 5.75 Å². The van der Waals surface area contributed by atoms with Crippen molar-refractivity contribution in [2.24, 2.45) is 0 Å². The van der Waals surface area contributed by atoms with Crippen molar-refractivity contribution < 1.29 is 9.53 Å². The van der Waals surface area contributed by atoms with E-state index in [0.717, 1.165) is 22.7 Å². The van der Waals surface area contributed by atoms with E-state index >= 15 is 0 Å². The van der Waals surface area contributed by atoms with Crippen molar-refractivity contribution in [1.82, 2.24) is 0 Å². The summed E-state index contributed by atoms with van der Waals surface area (Å²) >= 11 is 5.99. The van der Waals surface area contributed by atoms with Crippen molar-refractivity contribution in [2.45, 2.75) is 13.5 Å². The lowest BCUT2D eigenvalue weighted by Crippen LogP contribution is -2.06. The molecule has 0 aliphatic rings. The summed E-state index contributed by atoms with van der Waals surface area (Å²) in [5, 5.41) is 6.67. The normalized spacial score (nSPS) is 10.0. The first-order valence-electron chi connectivity index (χ1n) is 6.52.